The second-order valence-corrected chi connectivity index (χ2v) is 7.68. The molecule has 2 aromatic carbocycles. The summed E-state index contributed by atoms with van der Waals surface area (Å²) in [4.78, 5) is 20.6. The van der Waals surface area contributed by atoms with E-state index in [2.05, 4.69) is 27.4 Å². The molecule has 0 radical (unpaired) electrons. The Morgan fingerprint density at radius 2 is 2.03 bits per heavy atom. The number of carbonyl (C=O) groups is 1. The number of benzene rings is 2. The molecule has 1 aliphatic heterocycles. The van der Waals surface area contributed by atoms with Crippen LogP contribution in [0.25, 0.3) is 22.6 Å². The molecule has 0 fully saturated rings. The minimum Gasteiger partial charge on any atom is -0.487 e. The van der Waals surface area contributed by atoms with Crippen molar-refractivity contribution in [3.05, 3.63) is 78.1 Å². The van der Waals surface area contributed by atoms with Crippen LogP contribution in [0.3, 0.4) is 0 Å². The lowest BCUT2D eigenvalue weighted by Gasteiger charge is -2.21. The monoisotopic (exact) mass is 426 g/mol. The van der Waals surface area contributed by atoms with Crippen LogP contribution < -0.4 is 10.2 Å². The molecule has 160 valence electrons. The van der Waals surface area contributed by atoms with Gasteiger partial charge in [0, 0.05) is 29.7 Å². The molecular weight excluding hydrogens is 404 g/mol. The number of hydrogen-bond donors (Lipinski definition) is 1. The Bertz CT molecular complexity index is 1300. The van der Waals surface area contributed by atoms with Crippen molar-refractivity contribution in [1.82, 2.24) is 15.4 Å². The quantitative estimate of drug-likeness (QED) is 0.482. The van der Waals surface area contributed by atoms with E-state index >= 15 is 0 Å². The maximum atomic E-state index is 11.7. The van der Waals surface area contributed by atoms with Crippen LogP contribution >= 0.6 is 0 Å². The number of rotatable bonds is 6. The number of nitrogens with one attached hydrogen (secondary N) is 1. The van der Waals surface area contributed by atoms with E-state index in [9.17, 15) is 4.79 Å². The number of oxazole rings is 1. The lowest BCUT2D eigenvalue weighted by atomic mass is 9.90. The number of amides is 1. The molecule has 5 rings (SSSR count). The zero-order valence-corrected chi connectivity index (χ0v) is 17.6. The van der Waals surface area contributed by atoms with E-state index in [-0.39, 0.29) is 11.8 Å². The predicted molar refractivity (Wildman–Crippen MR) is 121 cm³/mol. The summed E-state index contributed by atoms with van der Waals surface area (Å²) in [6.45, 7) is 2.45. The molecule has 1 N–H and O–H groups in total. The first-order valence-corrected chi connectivity index (χ1v) is 10.6. The number of hydrogen-bond acceptors (Lipinski definition) is 6. The normalized spacial score (nSPS) is 16.0. The molecule has 32 heavy (non-hydrogen) atoms. The van der Waals surface area contributed by atoms with Crippen molar-refractivity contribution in [3.8, 4) is 17.2 Å². The lowest BCUT2D eigenvalue weighted by Crippen LogP contribution is -2.33. The molecule has 1 unspecified atom stereocenters. The number of nitrogens with zero attached hydrogens (tertiary/aromatic N) is 3. The van der Waals surface area contributed by atoms with Gasteiger partial charge in [-0.05, 0) is 48.9 Å². The van der Waals surface area contributed by atoms with Crippen LogP contribution in [0.4, 0.5) is 0 Å². The van der Waals surface area contributed by atoms with Gasteiger partial charge in [-0.1, -0.05) is 25.1 Å². The van der Waals surface area contributed by atoms with E-state index in [0.717, 1.165) is 34.5 Å². The molecule has 2 aromatic heterocycles. The first-order chi connectivity index (χ1) is 15.7. The standard InChI is InChI=1S/C25H22N4O3/c1-2-16-14-23(30)28-29-24(16)17-9-10-21-22(13-17)32-25(27-21)18-6-5-8-20(12-18)31-15-19-7-3-4-11-26-19/h3-13,16H,2,14-15H2,1H3,(H,28,30). The largest absolute Gasteiger partial charge is 0.487 e. The summed E-state index contributed by atoms with van der Waals surface area (Å²) >= 11 is 0. The van der Waals surface area contributed by atoms with Crippen molar-refractivity contribution < 1.29 is 13.9 Å². The SMILES string of the molecule is CCC1CC(=O)NN=C1c1ccc2nc(-c3cccc(OCc4ccccn4)c3)oc2c1. The van der Waals surface area contributed by atoms with E-state index in [0.29, 0.717) is 30.3 Å². The highest BCUT2D eigenvalue weighted by Gasteiger charge is 2.24. The van der Waals surface area contributed by atoms with Gasteiger partial charge in [0.05, 0.1) is 11.4 Å². The fourth-order valence-corrected chi connectivity index (χ4v) is 3.79. The molecule has 1 atom stereocenters. The minimum atomic E-state index is -0.0474. The summed E-state index contributed by atoms with van der Waals surface area (Å²) in [5.41, 5.74) is 7.51. The smallest absolute Gasteiger partial charge is 0.240 e. The molecular formula is C25H22N4O3. The van der Waals surface area contributed by atoms with Gasteiger partial charge < -0.3 is 9.15 Å². The first-order valence-electron chi connectivity index (χ1n) is 10.6. The molecule has 0 saturated heterocycles. The summed E-state index contributed by atoms with van der Waals surface area (Å²) < 4.78 is 11.9. The van der Waals surface area contributed by atoms with Gasteiger partial charge >= 0.3 is 0 Å². The first kappa shape index (κ1) is 19.9. The summed E-state index contributed by atoms with van der Waals surface area (Å²) in [7, 11) is 0. The van der Waals surface area contributed by atoms with Gasteiger partial charge in [0.15, 0.2) is 5.58 Å². The van der Waals surface area contributed by atoms with Crippen molar-refractivity contribution in [3.63, 3.8) is 0 Å². The van der Waals surface area contributed by atoms with Crippen molar-refractivity contribution >= 4 is 22.7 Å². The Morgan fingerprint density at radius 3 is 2.88 bits per heavy atom. The van der Waals surface area contributed by atoms with E-state index in [4.69, 9.17) is 9.15 Å². The third kappa shape index (κ3) is 4.09. The van der Waals surface area contributed by atoms with Crippen LogP contribution in [0.5, 0.6) is 5.75 Å². The topological polar surface area (TPSA) is 89.6 Å². The average molecular weight is 426 g/mol. The summed E-state index contributed by atoms with van der Waals surface area (Å²) in [5.74, 6) is 1.28. The molecule has 0 bridgehead atoms. The third-order valence-electron chi connectivity index (χ3n) is 5.49. The highest BCUT2D eigenvalue weighted by atomic mass is 16.5. The maximum absolute atomic E-state index is 11.7. The molecule has 1 aliphatic rings. The Balaban J connectivity index is 1.40. The Morgan fingerprint density at radius 1 is 1.09 bits per heavy atom. The fourth-order valence-electron chi connectivity index (χ4n) is 3.79. The van der Waals surface area contributed by atoms with Gasteiger partial charge in [0.1, 0.15) is 17.9 Å². The van der Waals surface area contributed by atoms with Crippen LogP contribution in [-0.2, 0) is 11.4 Å². The van der Waals surface area contributed by atoms with E-state index in [1.165, 1.54) is 0 Å². The van der Waals surface area contributed by atoms with Gasteiger partial charge in [0.2, 0.25) is 11.8 Å². The highest BCUT2D eigenvalue weighted by molar-refractivity contribution is 6.07. The predicted octanol–water partition coefficient (Wildman–Crippen LogP) is 4.72. The van der Waals surface area contributed by atoms with Crippen molar-refractivity contribution in [2.24, 2.45) is 11.0 Å². The molecule has 3 heterocycles. The zero-order valence-electron chi connectivity index (χ0n) is 17.6. The maximum Gasteiger partial charge on any atom is 0.240 e. The molecule has 0 aliphatic carbocycles. The summed E-state index contributed by atoms with van der Waals surface area (Å²) in [5, 5.41) is 4.30. The molecule has 4 aromatic rings. The van der Waals surface area contributed by atoms with Gasteiger partial charge in [-0.3, -0.25) is 9.78 Å². The van der Waals surface area contributed by atoms with Crippen LogP contribution in [0.15, 0.2) is 76.4 Å². The second-order valence-electron chi connectivity index (χ2n) is 7.68. The molecule has 7 heteroatoms. The Labute approximate surface area is 185 Å². The van der Waals surface area contributed by atoms with Crippen LogP contribution in [-0.4, -0.2) is 21.6 Å². The third-order valence-corrected chi connectivity index (χ3v) is 5.49. The number of pyridine rings is 1. The van der Waals surface area contributed by atoms with E-state index in [1.54, 1.807) is 6.20 Å². The summed E-state index contributed by atoms with van der Waals surface area (Å²) in [6.07, 6.45) is 3.04. The van der Waals surface area contributed by atoms with Crippen molar-refractivity contribution in [2.45, 2.75) is 26.4 Å². The molecule has 0 spiro atoms. The minimum absolute atomic E-state index is 0.0474. The number of fused-ring (bicyclic) bond motifs is 1. The number of hydrazone groups is 1. The van der Waals surface area contributed by atoms with Crippen molar-refractivity contribution in [2.75, 3.05) is 0 Å². The Hall–Kier alpha value is -4.00. The second kappa shape index (κ2) is 8.63. The molecule has 1 amide bonds. The number of carbonyl (C=O) groups excluding carboxylic acids is 1. The van der Waals surface area contributed by atoms with Gasteiger partial charge in [-0.15, -0.1) is 0 Å². The van der Waals surface area contributed by atoms with Gasteiger partial charge in [-0.25, -0.2) is 10.4 Å². The fraction of sp³-hybridized carbons (Fsp3) is 0.200. The van der Waals surface area contributed by atoms with Crippen LogP contribution in [0, 0.1) is 5.92 Å². The van der Waals surface area contributed by atoms with Gasteiger partial charge in [0.25, 0.3) is 0 Å². The zero-order chi connectivity index (χ0) is 21.9. The van der Waals surface area contributed by atoms with E-state index < -0.39 is 0 Å². The molecule has 0 saturated carbocycles. The highest BCUT2D eigenvalue weighted by Crippen LogP contribution is 2.29. The Kier molecular flexibility index (Phi) is 5.37. The van der Waals surface area contributed by atoms with E-state index in [1.807, 2.05) is 60.7 Å². The van der Waals surface area contributed by atoms with Crippen molar-refractivity contribution in [1.29, 1.82) is 0 Å². The van der Waals surface area contributed by atoms with Gasteiger partial charge in [-0.2, -0.15) is 5.10 Å². The lowest BCUT2D eigenvalue weighted by molar-refractivity contribution is -0.122. The number of ether oxygens (including phenoxy) is 1. The summed E-state index contributed by atoms with van der Waals surface area (Å²) in [6, 6.07) is 19.2. The van der Waals surface area contributed by atoms with Crippen LogP contribution in [0.1, 0.15) is 31.0 Å². The average Bonchev–Trinajstić information content (AvgIpc) is 3.27. The molecule has 7 nitrogen and oxygen atoms in total. The van der Waals surface area contributed by atoms with Crippen LogP contribution in [0.2, 0.25) is 0 Å². The number of aromatic nitrogens is 2.